The van der Waals surface area contributed by atoms with E-state index < -0.39 is 17.8 Å². The molecule has 1 fully saturated rings. The van der Waals surface area contributed by atoms with Crippen LogP contribution in [0.1, 0.15) is 12.0 Å². The van der Waals surface area contributed by atoms with Gasteiger partial charge in [0.05, 0.1) is 11.8 Å². The first-order chi connectivity index (χ1) is 10.1. The Bertz CT molecular complexity index is 596. The first kappa shape index (κ1) is 13.8. The summed E-state index contributed by atoms with van der Waals surface area (Å²) < 4.78 is 12.8. The molecule has 1 saturated carbocycles. The highest BCUT2D eigenvalue weighted by Gasteiger charge is 2.51. The van der Waals surface area contributed by atoms with Crippen molar-refractivity contribution in [2.45, 2.75) is 13.0 Å². The number of fused-ring (bicyclic) bond motifs is 2. The Morgan fingerprint density at radius 3 is 2.38 bits per heavy atom. The zero-order valence-electron chi connectivity index (χ0n) is 11.3. The Labute approximate surface area is 121 Å². The molecule has 1 amide bonds. The maximum Gasteiger partial charge on any atom is 0.307 e. The van der Waals surface area contributed by atoms with Gasteiger partial charge in [0.25, 0.3) is 0 Å². The summed E-state index contributed by atoms with van der Waals surface area (Å²) in [5, 5.41) is 12.1. The number of carboxylic acid groups (broad SMARTS) is 1. The lowest BCUT2D eigenvalue weighted by Crippen LogP contribution is -2.39. The van der Waals surface area contributed by atoms with E-state index >= 15 is 0 Å². The third kappa shape index (κ3) is 2.55. The highest BCUT2D eigenvalue weighted by Crippen LogP contribution is 2.48. The Hall–Kier alpha value is -2.17. The standard InChI is InChI=1S/C16H16FNO3/c17-12-5-1-9(2-6-12)8-18-15(19)13-10-3-4-11(7-10)14(13)16(20)21/h1-6,10-11,13-14H,7-8H2,(H,18,19)(H,20,21)/t10-,11+,13+,14+/m0/s1. The zero-order valence-corrected chi connectivity index (χ0v) is 11.3. The molecule has 0 heterocycles. The Kier molecular flexibility index (Phi) is 3.49. The number of carboxylic acids is 1. The van der Waals surface area contributed by atoms with Gasteiger partial charge in [-0.25, -0.2) is 4.39 Å². The SMILES string of the molecule is O=C(O)[C@H]1[C@H](C(=O)NCc2ccc(F)cc2)[C@H]2C=C[C@@H]1C2. The van der Waals surface area contributed by atoms with E-state index in [-0.39, 0.29) is 30.1 Å². The van der Waals surface area contributed by atoms with Gasteiger partial charge in [0.1, 0.15) is 5.82 Å². The molecule has 1 aromatic carbocycles. The number of carbonyl (C=O) groups is 2. The monoisotopic (exact) mass is 289 g/mol. The van der Waals surface area contributed by atoms with E-state index in [0.29, 0.717) is 0 Å². The minimum absolute atomic E-state index is 0.0179. The van der Waals surface area contributed by atoms with E-state index in [2.05, 4.69) is 5.32 Å². The van der Waals surface area contributed by atoms with Crippen LogP contribution in [0.4, 0.5) is 4.39 Å². The first-order valence-corrected chi connectivity index (χ1v) is 6.99. The minimum atomic E-state index is -0.909. The van der Waals surface area contributed by atoms with Crippen molar-refractivity contribution in [1.82, 2.24) is 5.32 Å². The van der Waals surface area contributed by atoms with Crippen molar-refractivity contribution in [2.24, 2.45) is 23.7 Å². The minimum Gasteiger partial charge on any atom is -0.481 e. The van der Waals surface area contributed by atoms with Gasteiger partial charge in [0, 0.05) is 6.54 Å². The summed E-state index contributed by atoms with van der Waals surface area (Å²) >= 11 is 0. The largest absolute Gasteiger partial charge is 0.481 e. The Morgan fingerprint density at radius 1 is 1.14 bits per heavy atom. The van der Waals surface area contributed by atoms with Crippen molar-refractivity contribution in [3.8, 4) is 0 Å². The molecule has 21 heavy (non-hydrogen) atoms. The maximum atomic E-state index is 12.8. The average Bonchev–Trinajstić information content (AvgIpc) is 3.06. The average molecular weight is 289 g/mol. The second kappa shape index (κ2) is 5.31. The number of hydrogen-bond donors (Lipinski definition) is 2. The van der Waals surface area contributed by atoms with Gasteiger partial charge in [0.15, 0.2) is 0 Å². The van der Waals surface area contributed by atoms with Gasteiger partial charge in [-0.05, 0) is 36.0 Å². The molecule has 0 saturated heterocycles. The fourth-order valence-corrected chi connectivity index (χ4v) is 3.43. The van der Waals surface area contributed by atoms with Crippen molar-refractivity contribution in [1.29, 1.82) is 0 Å². The number of halogens is 1. The van der Waals surface area contributed by atoms with Crippen LogP contribution in [0.5, 0.6) is 0 Å². The molecule has 0 aliphatic heterocycles. The summed E-state index contributed by atoms with van der Waals surface area (Å²) in [6.45, 7) is 0.281. The van der Waals surface area contributed by atoms with E-state index in [0.717, 1.165) is 12.0 Å². The number of aliphatic carboxylic acids is 1. The van der Waals surface area contributed by atoms with E-state index in [1.807, 2.05) is 12.2 Å². The molecule has 0 aromatic heterocycles. The maximum absolute atomic E-state index is 12.8. The van der Waals surface area contributed by atoms with Crippen LogP contribution in [0.25, 0.3) is 0 Å². The first-order valence-electron chi connectivity index (χ1n) is 6.99. The van der Waals surface area contributed by atoms with Crippen LogP contribution in [-0.4, -0.2) is 17.0 Å². The summed E-state index contributed by atoms with van der Waals surface area (Å²) in [5.74, 6) is -2.61. The van der Waals surface area contributed by atoms with Crippen LogP contribution in [0, 0.1) is 29.5 Å². The van der Waals surface area contributed by atoms with Crippen molar-refractivity contribution < 1.29 is 19.1 Å². The van der Waals surface area contributed by atoms with Crippen molar-refractivity contribution in [3.63, 3.8) is 0 Å². The summed E-state index contributed by atoms with van der Waals surface area (Å²) in [6.07, 6.45) is 4.60. The molecule has 0 radical (unpaired) electrons. The topological polar surface area (TPSA) is 66.4 Å². The predicted molar refractivity (Wildman–Crippen MR) is 73.6 cm³/mol. The van der Waals surface area contributed by atoms with Crippen molar-refractivity contribution >= 4 is 11.9 Å². The molecule has 2 aliphatic rings. The predicted octanol–water partition coefficient (Wildman–Crippen LogP) is 1.96. The highest BCUT2D eigenvalue weighted by atomic mass is 19.1. The van der Waals surface area contributed by atoms with E-state index in [1.165, 1.54) is 12.1 Å². The molecule has 5 heteroatoms. The molecule has 1 aromatic rings. The van der Waals surface area contributed by atoms with Crippen LogP contribution in [0.15, 0.2) is 36.4 Å². The lowest BCUT2D eigenvalue weighted by atomic mass is 9.82. The van der Waals surface area contributed by atoms with E-state index in [4.69, 9.17) is 0 Å². The van der Waals surface area contributed by atoms with Crippen LogP contribution >= 0.6 is 0 Å². The van der Waals surface area contributed by atoms with Gasteiger partial charge >= 0.3 is 5.97 Å². The highest BCUT2D eigenvalue weighted by molar-refractivity contribution is 5.86. The van der Waals surface area contributed by atoms with Gasteiger partial charge in [-0.15, -0.1) is 0 Å². The number of rotatable bonds is 4. The van der Waals surface area contributed by atoms with E-state index in [9.17, 15) is 19.1 Å². The second-order valence-electron chi connectivity index (χ2n) is 5.68. The van der Waals surface area contributed by atoms with Crippen molar-refractivity contribution in [3.05, 3.63) is 47.8 Å². The van der Waals surface area contributed by atoms with Crippen LogP contribution in [0.2, 0.25) is 0 Å². The molecule has 2 bridgehead atoms. The summed E-state index contributed by atoms with van der Waals surface area (Å²) in [5.41, 5.74) is 0.787. The third-order valence-corrected chi connectivity index (χ3v) is 4.43. The molecule has 2 N–H and O–H groups in total. The summed E-state index contributed by atoms with van der Waals surface area (Å²) in [7, 11) is 0. The Balaban J connectivity index is 1.66. The normalized spacial score (nSPS) is 29.6. The molecule has 3 rings (SSSR count). The van der Waals surface area contributed by atoms with Gasteiger partial charge < -0.3 is 10.4 Å². The molecule has 4 atom stereocenters. The number of allylic oxidation sites excluding steroid dienone is 2. The zero-order chi connectivity index (χ0) is 15.0. The lowest BCUT2D eigenvalue weighted by Gasteiger charge is -2.23. The number of nitrogens with one attached hydrogen (secondary N) is 1. The molecule has 0 spiro atoms. The number of hydrogen-bond acceptors (Lipinski definition) is 2. The van der Waals surface area contributed by atoms with Gasteiger partial charge in [0.2, 0.25) is 5.91 Å². The summed E-state index contributed by atoms with van der Waals surface area (Å²) in [6, 6.07) is 5.87. The van der Waals surface area contributed by atoms with Crippen molar-refractivity contribution in [2.75, 3.05) is 0 Å². The Morgan fingerprint density at radius 2 is 1.76 bits per heavy atom. The fourth-order valence-electron chi connectivity index (χ4n) is 3.43. The number of benzene rings is 1. The molecular formula is C16H16FNO3. The molecule has 2 aliphatic carbocycles. The quantitative estimate of drug-likeness (QED) is 0.833. The molecule has 0 unspecified atom stereocenters. The number of amides is 1. The van der Waals surface area contributed by atoms with Crippen LogP contribution < -0.4 is 5.32 Å². The summed E-state index contributed by atoms with van der Waals surface area (Å²) in [4.78, 5) is 23.7. The smallest absolute Gasteiger partial charge is 0.307 e. The van der Waals surface area contributed by atoms with Gasteiger partial charge in [-0.3, -0.25) is 9.59 Å². The number of carbonyl (C=O) groups excluding carboxylic acids is 1. The third-order valence-electron chi connectivity index (χ3n) is 4.43. The van der Waals surface area contributed by atoms with Gasteiger partial charge in [-0.1, -0.05) is 24.3 Å². The van der Waals surface area contributed by atoms with Crippen LogP contribution in [0.3, 0.4) is 0 Å². The lowest BCUT2D eigenvalue weighted by molar-refractivity contribution is -0.147. The molecule has 4 nitrogen and oxygen atoms in total. The second-order valence-corrected chi connectivity index (χ2v) is 5.68. The van der Waals surface area contributed by atoms with Gasteiger partial charge in [-0.2, -0.15) is 0 Å². The molecule has 110 valence electrons. The molecular weight excluding hydrogens is 273 g/mol. The van der Waals surface area contributed by atoms with E-state index in [1.54, 1.807) is 12.1 Å². The fraction of sp³-hybridized carbons (Fsp3) is 0.375. The van der Waals surface area contributed by atoms with Crippen LogP contribution in [-0.2, 0) is 16.1 Å².